The molecule has 2 heterocycles. The summed E-state index contributed by atoms with van der Waals surface area (Å²) in [6.45, 7) is 1.60. The number of hydrogen-bond donors (Lipinski definition) is 1. The quantitative estimate of drug-likeness (QED) is 0.756. The van der Waals surface area contributed by atoms with Crippen molar-refractivity contribution in [2.45, 2.75) is 12.8 Å². The largest absolute Gasteiger partial charge is 0.356 e. The van der Waals surface area contributed by atoms with E-state index in [4.69, 9.17) is 11.6 Å². The molecule has 6 heteroatoms. The van der Waals surface area contributed by atoms with Crippen molar-refractivity contribution in [2.75, 3.05) is 23.3 Å². The number of amides is 1. The topological polar surface area (TPSA) is 58.1 Å². The highest BCUT2D eigenvalue weighted by Crippen LogP contribution is 2.28. The molecule has 0 saturated carbocycles. The zero-order valence-electron chi connectivity index (χ0n) is 14.2. The van der Waals surface area contributed by atoms with E-state index in [1.165, 1.54) is 0 Å². The maximum absolute atomic E-state index is 12.5. The van der Waals surface area contributed by atoms with Crippen LogP contribution in [0.25, 0.3) is 10.9 Å². The van der Waals surface area contributed by atoms with Gasteiger partial charge in [-0.25, -0.2) is 9.97 Å². The third-order valence-corrected chi connectivity index (χ3v) is 5.01. The zero-order chi connectivity index (χ0) is 17.9. The van der Waals surface area contributed by atoms with E-state index in [0.717, 1.165) is 48.3 Å². The number of carbonyl (C=O) groups is 1. The van der Waals surface area contributed by atoms with Crippen LogP contribution in [0.5, 0.6) is 0 Å². The van der Waals surface area contributed by atoms with Gasteiger partial charge in [0.05, 0.1) is 5.52 Å². The minimum atomic E-state index is -0.00154. The van der Waals surface area contributed by atoms with E-state index in [2.05, 4.69) is 20.2 Å². The highest BCUT2D eigenvalue weighted by molar-refractivity contribution is 6.30. The fourth-order valence-electron chi connectivity index (χ4n) is 3.41. The molecule has 0 unspecified atom stereocenters. The van der Waals surface area contributed by atoms with Crippen molar-refractivity contribution in [1.82, 2.24) is 9.97 Å². The van der Waals surface area contributed by atoms with Crippen molar-refractivity contribution >= 4 is 39.9 Å². The summed E-state index contributed by atoms with van der Waals surface area (Å²) in [5.74, 6) is 1.00. The molecule has 26 heavy (non-hydrogen) atoms. The number of aromatic nitrogens is 2. The molecular weight excluding hydrogens is 348 g/mol. The second-order valence-corrected chi connectivity index (χ2v) is 6.91. The van der Waals surface area contributed by atoms with Crippen LogP contribution in [0.4, 0.5) is 11.5 Å². The normalized spacial score (nSPS) is 15.2. The summed E-state index contributed by atoms with van der Waals surface area (Å²) in [4.78, 5) is 23.6. The molecule has 1 amide bonds. The highest BCUT2D eigenvalue weighted by Gasteiger charge is 2.26. The molecule has 0 atom stereocenters. The molecule has 1 fully saturated rings. The van der Waals surface area contributed by atoms with Gasteiger partial charge in [-0.2, -0.15) is 0 Å². The van der Waals surface area contributed by atoms with Gasteiger partial charge in [0, 0.05) is 35.1 Å². The van der Waals surface area contributed by atoms with Crippen LogP contribution >= 0.6 is 11.6 Å². The van der Waals surface area contributed by atoms with Gasteiger partial charge in [0.2, 0.25) is 5.91 Å². The van der Waals surface area contributed by atoms with E-state index < -0.39 is 0 Å². The predicted octanol–water partition coefficient (Wildman–Crippen LogP) is 4.14. The molecule has 4 rings (SSSR count). The molecular formula is C20H19ClN4O. The first kappa shape index (κ1) is 16.8. The molecule has 3 aromatic rings. The second-order valence-electron chi connectivity index (χ2n) is 6.48. The molecule has 2 aromatic carbocycles. The van der Waals surface area contributed by atoms with Crippen LogP contribution in [-0.2, 0) is 4.79 Å². The van der Waals surface area contributed by atoms with Gasteiger partial charge in [-0.05, 0) is 43.2 Å². The van der Waals surface area contributed by atoms with Crippen LogP contribution in [-0.4, -0.2) is 29.0 Å². The monoisotopic (exact) mass is 366 g/mol. The Morgan fingerprint density at radius 1 is 1.08 bits per heavy atom. The number of fused-ring (bicyclic) bond motifs is 1. The van der Waals surface area contributed by atoms with Gasteiger partial charge in [0.15, 0.2) is 0 Å². The van der Waals surface area contributed by atoms with Crippen molar-refractivity contribution < 1.29 is 4.79 Å². The highest BCUT2D eigenvalue weighted by atomic mass is 35.5. The SMILES string of the molecule is O=C(Nc1cccc(Cl)c1)C1CCN(c2ncnc3ccccc23)CC1. The third kappa shape index (κ3) is 3.48. The van der Waals surface area contributed by atoms with Crippen LogP contribution in [0.1, 0.15) is 12.8 Å². The number of hydrogen-bond acceptors (Lipinski definition) is 4. The number of nitrogens with zero attached hydrogens (tertiary/aromatic N) is 3. The van der Waals surface area contributed by atoms with Crippen molar-refractivity contribution in [2.24, 2.45) is 5.92 Å². The first-order valence-corrected chi connectivity index (χ1v) is 9.09. The number of piperidine rings is 1. The Hall–Kier alpha value is -2.66. The van der Waals surface area contributed by atoms with E-state index in [9.17, 15) is 4.79 Å². The number of rotatable bonds is 3. The Kier molecular flexibility index (Phi) is 4.71. The van der Waals surface area contributed by atoms with E-state index in [1.807, 2.05) is 36.4 Å². The van der Waals surface area contributed by atoms with E-state index in [0.29, 0.717) is 5.02 Å². The van der Waals surface area contributed by atoms with Gasteiger partial charge in [0.1, 0.15) is 12.1 Å². The summed E-state index contributed by atoms with van der Waals surface area (Å²) in [6.07, 6.45) is 3.20. The van der Waals surface area contributed by atoms with E-state index in [-0.39, 0.29) is 11.8 Å². The summed E-state index contributed by atoms with van der Waals surface area (Å²) < 4.78 is 0. The molecule has 1 saturated heterocycles. The molecule has 1 N–H and O–H groups in total. The second kappa shape index (κ2) is 7.30. The zero-order valence-corrected chi connectivity index (χ0v) is 15.0. The van der Waals surface area contributed by atoms with Crippen LogP contribution < -0.4 is 10.2 Å². The first-order chi connectivity index (χ1) is 12.7. The van der Waals surface area contributed by atoms with Crippen molar-refractivity contribution in [3.05, 3.63) is 59.9 Å². The Labute approximate surface area is 157 Å². The molecule has 5 nitrogen and oxygen atoms in total. The summed E-state index contributed by atoms with van der Waals surface area (Å²) in [6, 6.07) is 15.3. The summed E-state index contributed by atoms with van der Waals surface area (Å²) >= 11 is 5.98. The van der Waals surface area contributed by atoms with E-state index in [1.54, 1.807) is 18.5 Å². The lowest BCUT2D eigenvalue weighted by Gasteiger charge is -2.32. The van der Waals surface area contributed by atoms with Crippen LogP contribution in [0.2, 0.25) is 5.02 Å². The first-order valence-electron chi connectivity index (χ1n) is 8.72. The van der Waals surface area contributed by atoms with Crippen LogP contribution in [0.3, 0.4) is 0 Å². The molecule has 132 valence electrons. The third-order valence-electron chi connectivity index (χ3n) is 4.78. The Bertz CT molecular complexity index is 933. The molecule has 1 aliphatic heterocycles. The molecule has 0 aliphatic carbocycles. The Morgan fingerprint density at radius 2 is 1.88 bits per heavy atom. The number of benzene rings is 2. The lowest BCUT2D eigenvalue weighted by molar-refractivity contribution is -0.120. The summed E-state index contributed by atoms with van der Waals surface area (Å²) in [5, 5.41) is 4.64. The lowest BCUT2D eigenvalue weighted by Crippen LogP contribution is -2.38. The number of para-hydroxylation sites is 1. The Morgan fingerprint density at radius 3 is 2.69 bits per heavy atom. The maximum atomic E-state index is 12.5. The smallest absolute Gasteiger partial charge is 0.227 e. The minimum absolute atomic E-state index is 0.00154. The standard InChI is InChI=1S/C20H19ClN4O/c21-15-4-3-5-16(12-15)24-20(26)14-8-10-25(11-9-14)19-17-6-1-2-7-18(17)22-13-23-19/h1-7,12-14H,8-11H2,(H,24,26). The van der Waals surface area contributed by atoms with Gasteiger partial charge < -0.3 is 10.2 Å². The van der Waals surface area contributed by atoms with Crippen molar-refractivity contribution in [3.8, 4) is 0 Å². The molecule has 1 aliphatic rings. The van der Waals surface area contributed by atoms with Crippen LogP contribution in [0.15, 0.2) is 54.9 Å². The maximum Gasteiger partial charge on any atom is 0.227 e. The molecule has 0 bridgehead atoms. The van der Waals surface area contributed by atoms with Gasteiger partial charge in [0.25, 0.3) is 0 Å². The Balaban J connectivity index is 1.43. The van der Waals surface area contributed by atoms with Gasteiger partial charge >= 0.3 is 0 Å². The van der Waals surface area contributed by atoms with Gasteiger partial charge in [-0.1, -0.05) is 29.8 Å². The van der Waals surface area contributed by atoms with Crippen molar-refractivity contribution in [3.63, 3.8) is 0 Å². The average Bonchev–Trinajstić information content (AvgIpc) is 2.68. The van der Waals surface area contributed by atoms with E-state index >= 15 is 0 Å². The summed E-state index contributed by atoms with van der Waals surface area (Å²) in [5.41, 5.74) is 1.69. The summed E-state index contributed by atoms with van der Waals surface area (Å²) in [7, 11) is 0. The fourth-order valence-corrected chi connectivity index (χ4v) is 3.60. The number of carbonyl (C=O) groups excluding carboxylic acids is 1. The van der Waals surface area contributed by atoms with Crippen molar-refractivity contribution in [1.29, 1.82) is 0 Å². The molecule has 0 radical (unpaired) electrons. The molecule has 1 aromatic heterocycles. The number of nitrogens with one attached hydrogen (secondary N) is 1. The fraction of sp³-hybridized carbons (Fsp3) is 0.250. The number of anilines is 2. The lowest BCUT2D eigenvalue weighted by atomic mass is 9.95. The number of halogens is 1. The van der Waals surface area contributed by atoms with Crippen LogP contribution in [0, 0.1) is 5.92 Å². The average molecular weight is 367 g/mol. The van der Waals surface area contributed by atoms with Gasteiger partial charge in [-0.3, -0.25) is 4.79 Å². The van der Waals surface area contributed by atoms with Gasteiger partial charge in [-0.15, -0.1) is 0 Å². The predicted molar refractivity (Wildman–Crippen MR) is 105 cm³/mol. The minimum Gasteiger partial charge on any atom is -0.356 e. The molecule has 0 spiro atoms.